The van der Waals surface area contributed by atoms with Crippen molar-refractivity contribution >= 4 is 17.3 Å². The monoisotopic (exact) mass is 300 g/mol. The van der Waals surface area contributed by atoms with Gasteiger partial charge in [0.15, 0.2) is 0 Å². The number of hydrogen-bond acceptors (Lipinski definition) is 4. The van der Waals surface area contributed by atoms with Gasteiger partial charge in [-0.1, -0.05) is 36.4 Å². The molecule has 1 atom stereocenters. The summed E-state index contributed by atoms with van der Waals surface area (Å²) in [6.07, 6.45) is -0.488. The predicted octanol–water partition coefficient (Wildman–Crippen LogP) is 1.63. The van der Waals surface area contributed by atoms with Gasteiger partial charge in [-0.2, -0.15) is 0 Å². The lowest BCUT2D eigenvalue weighted by molar-refractivity contribution is -0.115. The number of benzene rings is 2. The number of carbonyl (C=O) groups is 1. The number of aliphatic hydroxyl groups is 2. The quantitative estimate of drug-likeness (QED) is 0.626. The van der Waals surface area contributed by atoms with E-state index in [1.807, 2.05) is 42.5 Å². The van der Waals surface area contributed by atoms with E-state index in [2.05, 4.69) is 10.6 Å². The van der Waals surface area contributed by atoms with Crippen molar-refractivity contribution in [2.45, 2.75) is 12.5 Å². The summed E-state index contributed by atoms with van der Waals surface area (Å²) < 4.78 is 0. The molecule has 0 bridgehead atoms. The molecule has 1 amide bonds. The molecule has 5 nitrogen and oxygen atoms in total. The van der Waals surface area contributed by atoms with Gasteiger partial charge >= 0.3 is 0 Å². The third-order valence-corrected chi connectivity index (χ3v) is 3.11. The van der Waals surface area contributed by atoms with Crippen molar-refractivity contribution in [3.8, 4) is 0 Å². The molecule has 0 aromatic heterocycles. The fraction of sp³-hybridized carbons (Fsp3) is 0.235. The van der Waals surface area contributed by atoms with Gasteiger partial charge in [0, 0.05) is 17.9 Å². The molecule has 0 radical (unpaired) electrons. The van der Waals surface area contributed by atoms with Gasteiger partial charge in [0.05, 0.1) is 19.1 Å². The van der Waals surface area contributed by atoms with Crippen molar-refractivity contribution in [2.24, 2.45) is 0 Å². The molecule has 0 aliphatic heterocycles. The first-order chi connectivity index (χ1) is 10.7. The average molecular weight is 300 g/mol. The first-order valence-electron chi connectivity index (χ1n) is 7.14. The zero-order valence-electron chi connectivity index (χ0n) is 12.2. The first-order valence-corrected chi connectivity index (χ1v) is 7.14. The number of carbonyl (C=O) groups excluding carboxylic acids is 1. The van der Waals surface area contributed by atoms with E-state index in [9.17, 15) is 9.90 Å². The second kappa shape index (κ2) is 8.17. The average Bonchev–Trinajstić information content (AvgIpc) is 2.53. The largest absolute Gasteiger partial charge is 0.394 e. The van der Waals surface area contributed by atoms with Gasteiger partial charge in [-0.05, 0) is 23.8 Å². The van der Waals surface area contributed by atoms with E-state index in [1.54, 1.807) is 12.1 Å². The van der Waals surface area contributed by atoms with Crippen molar-refractivity contribution in [2.75, 3.05) is 23.8 Å². The van der Waals surface area contributed by atoms with Gasteiger partial charge in [-0.25, -0.2) is 0 Å². The third kappa shape index (κ3) is 5.20. The maximum atomic E-state index is 12.0. The highest BCUT2D eigenvalue weighted by molar-refractivity contribution is 5.92. The Morgan fingerprint density at radius 1 is 1.05 bits per heavy atom. The number of aliphatic hydroxyl groups excluding tert-OH is 2. The molecule has 0 aliphatic rings. The molecule has 0 saturated carbocycles. The van der Waals surface area contributed by atoms with Crippen LogP contribution in [0.3, 0.4) is 0 Å². The molecule has 0 spiro atoms. The third-order valence-electron chi connectivity index (χ3n) is 3.11. The molecule has 22 heavy (non-hydrogen) atoms. The molecule has 2 aromatic rings. The standard InChI is InChI=1S/C17H20N2O3/c20-12-16(21)11-18-14-7-4-8-15(10-14)19-17(22)9-13-5-2-1-3-6-13/h1-8,10,16,18,20-21H,9,11-12H2,(H,19,22). The minimum absolute atomic E-state index is 0.0845. The fourth-order valence-electron chi connectivity index (χ4n) is 1.99. The van der Waals surface area contributed by atoms with Crippen LogP contribution < -0.4 is 10.6 Å². The lowest BCUT2D eigenvalue weighted by Gasteiger charge is -2.12. The molecule has 116 valence electrons. The van der Waals surface area contributed by atoms with Gasteiger partial charge in [0.2, 0.25) is 5.91 Å². The molecule has 4 N–H and O–H groups in total. The molecular formula is C17H20N2O3. The summed E-state index contributed by atoms with van der Waals surface area (Å²) in [5.41, 5.74) is 2.41. The van der Waals surface area contributed by atoms with Crippen LogP contribution in [0.4, 0.5) is 11.4 Å². The summed E-state index contributed by atoms with van der Waals surface area (Å²) in [5.74, 6) is -0.0845. The molecule has 5 heteroatoms. The zero-order chi connectivity index (χ0) is 15.8. The van der Waals surface area contributed by atoms with Gasteiger partial charge in [-0.15, -0.1) is 0 Å². The highest BCUT2D eigenvalue weighted by atomic mass is 16.3. The summed E-state index contributed by atoms with van der Waals surface area (Å²) in [5, 5.41) is 23.9. The number of rotatable bonds is 7. The van der Waals surface area contributed by atoms with Gasteiger partial charge in [0.25, 0.3) is 0 Å². The van der Waals surface area contributed by atoms with Crippen LogP contribution in [0.1, 0.15) is 5.56 Å². The van der Waals surface area contributed by atoms with Crippen molar-refractivity contribution in [3.05, 3.63) is 60.2 Å². The minimum atomic E-state index is -0.809. The summed E-state index contributed by atoms with van der Waals surface area (Å²) >= 11 is 0. The molecular weight excluding hydrogens is 280 g/mol. The van der Waals surface area contributed by atoms with E-state index in [1.165, 1.54) is 0 Å². The van der Waals surface area contributed by atoms with Crippen molar-refractivity contribution in [1.82, 2.24) is 0 Å². The van der Waals surface area contributed by atoms with Crippen LogP contribution in [0.25, 0.3) is 0 Å². The Hall–Kier alpha value is -2.37. The molecule has 0 saturated heterocycles. The number of hydrogen-bond donors (Lipinski definition) is 4. The van der Waals surface area contributed by atoms with Gasteiger partial charge in [0.1, 0.15) is 0 Å². The van der Waals surface area contributed by atoms with Crippen LogP contribution in [0.15, 0.2) is 54.6 Å². The summed E-state index contributed by atoms with van der Waals surface area (Å²) in [7, 11) is 0. The van der Waals surface area contributed by atoms with E-state index < -0.39 is 6.10 Å². The fourth-order valence-corrected chi connectivity index (χ4v) is 1.99. The van der Waals surface area contributed by atoms with Crippen LogP contribution in [-0.2, 0) is 11.2 Å². The Labute approximate surface area is 129 Å². The summed E-state index contributed by atoms with van der Waals surface area (Å²) in [4.78, 5) is 12.0. The smallest absolute Gasteiger partial charge is 0.228 e. The van der Waals surface area contributed by atoms with Crippen LogP contribution >= 0.6 is 0 Å². The molecule has 2 rings (SSSR count). The van der Waals surface area contributed by atoms with E-state index in [4.69, 9.17) is 5.11 Å². The molecule has 0 fully saturated rings. The maximum Gasteiger partial charge on any atom is 0.228 e. The number of amides is 1. The van der Waals surface area contributed by atoms with Gasteiger partial charge in [-0.3, -0.25) is 4.79 Å². The zero-order valence-corrected chi connectivity index (χ0v) is 12.2. The molecule has 1 unspecified atom stereocenters. The maximum absolute atomic E-state index is 12.0. The molecule has 2 aromatic carbocycles. The van der Waals surface area contributed by atoms with Gasteiger partial charge < -0.3 is 20.8 Å². The molecule has 0 aliphatic carbocycles. The first kappa shape index (κ1) is 16.0. The minimum Gasteiger partial charge on any atom is -0.394 e. The normalized spacial score (nSPS) is 11.7. The Bertz CT molecular complexity index is 602. The Morgan fingerprint density at radius 2 is 1.77 bits per heavy atom. The van der Waals surface area contributed by atoms with E-state index >= 15 is 0 Å². The lowest BCUT2D eigenvalue weighted by Crippen LogP contribution is -2.23. The Balaban J connectivity index is 1.91. The topological polar surface area (TPSA) is 81.6 Å². The van der Waals surface area contributed by atoms with E-state index in [0.29, 0.717) is 12.1 Å². The Kier molecular flexibility index (Phi) is 5.94. The molecule has 0 heterocycles. The predicted molar refractivity (Wildman–Crippen MR) is 86.8 cm³/mol. The highest BCUT2D eigenvalue weighted by Gasteiger charge is 2.05. The van der Waals surface area contributed by atoms with Crippen molar-refractivity contribution < 1.29 is 15.0 Å². The van der Waals surface area contributed by atoms with Crippen LogP contribution in [0, 0.1) is 0 Å². The second-order valence-corrected chi connectivity index (χ2v) is 5.01. The van der Waals surface area contributed by atoms with Crippen LogP contribution in [0.5, 0.6) is 0 Å². The van der Waals surface area contributed by atoms with Crippen LogP contribution in [0.2, 0.25) is 0 Å². The second-order valence-electron chi connectivity index (χ2n) is 5.01. The number of nitrogens with one attached hydrogen (secondary N) is 2. The Morgan fingerprint density at radius 3 is 2.50 bits per heavy atom. The number of anilines is 2. The summed E-state index contributed by atoms with van der Waals surface area (Å²) in [6, 6.07) is 16.8. The SMILES string of the molecule is O=C(Cc1ccccc1)Nc1cccc(NCC(O)CO)c1. The highest BCUT2D eigenvalue weighted by Crippen LogP contribution is 2.15. The van der Waals surface area contributed by atoms with E-state index in [-0.39, 0.29) is 19.1 Å². The van der Waals surface area contributed by atoms with Crippen molar-refractivity contribution in [3.63, 3.8) is 0 Å². The van der Waals surface area contributed by atoms with E-state index in [0.717, 1.165) is 11.3 Å². The van der Waals surface area contributed by atoms with Crippen LogP contribution in [-0.4, -0.2) is 35.4 Å². The summed E-state index contributed by atoms with van der Waals surface area (Å²) in [6.45, 7) is -0.0432. The van der Waals surface area contributed by atoms with Crippen molar-refractivity contribution in [1.29, 1.82) is 0 Å². The lowest BCUT2D eigenvalue weighted by atomic mass is 10.1.